The fourth-order valence-electron chi connectivity index (χ4n) is 1.96. The van der Waals surface area contributed by atoms with Crippen LogP contribution in [0.5, 0.6) is 5.75 Å². The molecule has 0 unspecified atom stereocenters. The molecule has 0 spiro atoms. The summed E-state index contributed by atoms with van der Waals surface area (Å²) in [5.74, 6) is 0.907. The normalized spacial score (nSPS) is 10.4. The van der Waals surface area contributed by atoms with Gasteiger partial charge >= 0.3 is 0 Å². The van der Waals surface area contributed by atoms with Crippen LogP contribution in [0.3, 0.4) is 0 Å². The predicted molar refractivity (Wildman–Crippen MR) is 82.7 cm³/mol. The molecule has 0 saturated carbocycles. The second-order valence-electron chi connectivity index (χ2n) is 4.72. The van der Waals surface area contributed by atoms with E-state index in [-0.39, 0.29) is 0 Å². The number of methoxy groups -OCH3 is 1. The summed E-state index contributed by atoms with van der Waals surface area (Å²) in [6.07, 6.45) is 0.691. The van der Waals surface area contributed by atoms with E-state index in [1.54, 1.807) is 7.11 Å². The summed E-state index contributed by atoms with van der Waals surface area (Å²) >= 11 is 1.41. The molecular weight excluding hydrogens is 284 g/mol. The van der Waals surface area contributed by atoms with E-state index in [4.69, 9.17) is 14.7 Å². The van der Waals surface area contributed by atoms with E-state index in [0.29, 0.717) is 30.2 Å². The summed E-state index contributed by atoms with van der Waals surface area (Å²) in [4.78, 5) is 5.06. The molecule has 0 aliphatic heterocycles. The number of aromatic nitrogens is 1. The number of hydrogen-bond acceptors (Lipinski definition) is 5. The van der Waals surface area contributed by atoms with Crippen molar-refractivity contribution in [3.05, 3.63) is 44.9 Å². The van der Waals surface area contributed by atoms with Gasteiger partial charge in [-0.1, -0.05) is 12.1 Å². The maximum atomic E-state index is 9.06. The first-order valence-corrected chi connectivity index (χ1v) is 7.54. The maximum Gasteiger partial charge on any atom is 0.130 e. The van der Waals surface area contributed by atoms with Crippen LogP contribution in [0.2, 0.25) is 0 Å². The number of thiazole rings is 1. The van der Waals surface area contributed by atoms with Crippen LogP contribution in [0.1, 0.15) is 26.7 Å². The van der Waals surface area contributed by atoms with E-state index in [1.807, 2.05) is 12.1 Å². The summed E-state index contributed by atoms with van der Waals surface area (Å²) in [5.41, 5.74) is 3.09. The molecule has 0 amide bonds. The Morgan fingerprint density at radius 1 is 1.33 bits per heavy atom. The number of benzene rings is 1. The standard InChI is InChI=1S/C16H18N2O2S/c1-11-5-4-6-14(12(11)2)20-8-7-16-18-13(10-19-3)15(9-17)21-16/h4-6H,7-8,10H2,1-3H3. The summed E-state index contributed by atoms with van der Waals surface area (Å²) in [6.45, 7) is 5.05. The van der Waals surface area contributed by atoms with Crippen molar-refractivity contribution in [3.8, 4) is 11.8 Å². The largest absolute Gasteiger partial charge is 0.493 e. The Balaban J connectivity index is 1.97. The lowest BCUT2D eigenvalue weighted by molar-refractivity contribution is 0.181. The topological polar surface area (TPSA) is 55.1 Å². The highest BCUT2D eigenvalue weighted by molar-refractivity contribution is 7.12. The van der Waals surface area contributed by atoms with Crippen LogP contribution < -0.4 is 4.74 Å². The van der Waals surface area contributed by atoms with Crippen molar-refractivity contribution >= 4 is 11.3 Å². The van der Waals surface area contributed by atoms with E-state index in [9.17, 15) is 0 Å². The third kappa shape index (κ3) is 3.81. The number of hydrogen-bond donors (Lipinski definition) is 0. The zero-order valence-corrected chi connectivity index (χ0v) is 13.3. The summed E-state index contributed by atoms with van der Waals surface area (Å²) in [5, 5.41) is 9.97. The van der Waals surface area contributed by atoms with E-state index >= 15 is 0 Å². The van der Waals surface area contributed by atoms with Crippen LogP contribution in [0.4, 0.5) is 0 Å². The number of nitriles is 1. The van der Waals surface area contributed by atoms with E-state index in [0.717, 1.165) is 16.3 Å². The Labute approximate surface area is 129 Å². The average molecular weight is 302 g/mol. The van der Waals surface area contributed by atoms with Gasteiger partial charge in [0, 0.05) is 13.5 Å². The Morgan fingerprint density at radius 2 is 2.14 bits per heavy atom. The Bertz CT molecular complexity index is 659. The first-order valence-electron chi connectivity index (χ1n) is 6.72. The Morgan fingerprint density at radius 3 is 2.86 bits per heavy atom. The lowest BCUT2D eigenvalue weighted by Crippen LogP contribution is -2.03. The molecule has 4 nitrogen and oxygen atoms in total. The lowest BCUT2D eigenvalue weighted by Gasteiger charge is -2.09. The monoisotopic (exact) mass is 302 g/mol. The molecule has 0 N–H and O–H groups in total. The van der Waals surface area contributed by atoms with Crippen LogP contribution >= 0.6 is 11.3 Å². The minimum Gasteiger partial charge on any atom is -0.493 e. The maximum absolute atomic E-state index is 9.06. The minimum atomic E-state index is 0.372. The second-order valence-corrected chi connectivity index (χ2v) is 5.81. The molecule has 0 aliphatic carbocycles. The smallest absolute Gasteiger partial charge is 0.130 e. The van der Waals surface area contributed by atoms with Crippen molar-refractivity contribution in [2.45, 2.75) is 26.9 Å². The van der Waals surface area contributed by atoms with Crippen LogP contribution in [-0.4, -0.2) is 18.7 Å². The summed E-state index contributed by atoms with van der Waals surface area (Å²) in [7, 11) is 1.60. The van der Waals surface area contributed by atoms with Crippen molar-refractivity contribution in [2.75, 3.05) is 13.7 Å². The molecule has 110 valence electrons. The predicted octanol–water partition coefficient (Wildman–Crippen LogP) is 3.40. The van der Waals surface area contributed by atoms with Crippen LogP contribution in [0, 0.1) is 25.2 Å². The molecule has 0 radical (unpaired) electrons. The second kappa shape index (κ2) is 7.21. The van der Waals surface area contributed by atoms with Crippen LogP contribution in [0.15, 0.2) is 18.2 Å². The first-order chi connectivity index (χ1) is 10.2. The SMILES string of the molecule is COCc1nc(CCOc2cccc(C)c2C)sc1C#N. The molecule has 0 bridgehead atoms. The number of aryl methyl sites for hydroxylation is 1. The van der Waals surface area contributed by atoms with Gasteiger partial charge in [0.2, 0.25) is 0 Å². The van der Waals surface area contributed by atoms with Gasteiger partial charge in [-0.25, -0.2) is 4.98 Å². The quantitative estimate of drug-likeness (QED) is 0.820. The van der Waals surface area contributed by atoms with Gasteiger partial charge in [-0.2, -0.15) is 5.26 Å². The van der Waals surface area contributed by atoms with E-state index in [2.05, 4.69) is 31.0 Å². The van der Waals surface area contributed by atoms with Crippen LogP contribution in [0.25, 0.3) is 0 Å². The third-order valence-corrected chi connectivity index (χ3v) is 4.31. The molecule has 0 aliphatic rings. The molecule has 0 atom stereocenters. The lowest BCUT2D eigenvalue weighted by atomic mass is 10.1. The fourth-order valence-corrected chi connectivity index (χ4v) is 2.80. The molecule has 0 fully saturated rings. The van der Waals surface area contributed by atoms with Crippen molar-refractivity contribution < 1.29 is 9.47 Å². The number of rotatable bonds is 6. The average Bonchev–Trinajstić information content (AvgIpc) is 2.86. The molecule has 1 aromatic heterocycles. The van der Waals surface area contributed by atoms with Crippen molar-refractivity contribution in [1.82, 2.24) is 4.98 Å². The fraction of sp³-hybridized carbons (Fsp3) is 0.375. The van der Waals surface area contributed by atoms with Crippen molar-refractivity contribution in [1.29, 1.82) is 5.26 Å². The number of nitrogens with zero attached hydrogens (tertiary/aromatic N) is 2. The molecule has 21 heavy (non-hydrogen) atoms. The van der Waals surface area contributed by atoms with Crippen molar-refractivity contribution in [2.24, 2.45) is 0 Å². The zero-order valence-electron chi connectivity index (χ0n) is 12.5. The molecule has 0 saturated heterocycles. The van der Waals surface area contributed by atoms with Gasteiger partial charge in [0.1, 0.15) is 16.7 Å². The highest BCUT2D eigenvalue weighted by atomic mass is 32.1. The minimum absolute atomic E-state index is 0.372. The van der Waals surface area contributed by atoms with E-state index < -0.39 is 0 Å². The van der Waals surface area contributed by atoms with Gasteiger partial charge in [0.15, 0.2) is 0 Å². The molecule has 1 aromatic carbocycles. The molecular formula is C16H18N2O2S. The zero-order chi connectivity index (χ0) is 15.2. The van der Waals surface area contributed by atoms with Gasteiger partial charge in [-0.3, -0.25) is 0 Å². The molecule has 2 rings (SSSR count). The Kier molecular flexibility index (Phi) is 5.32. The summed E-state index contributed by atoms with van der Waals surface area (Å²) < 4.78 is 10.9. The molecule has 1 heterocycles. The van der Waals surface area contributed by atoms with Crippen molar-refractivity contribution in [3.63, 3.8) is 0 Å². The number of ether oxygens (including phenoxy) is 2. The van der Waals surface area contributed by atoms with Gasteiger partial charge in [0.25, 0.3) is 0 Å². The molecule has 5 heteroatoms. The van der Waals surface area contributed by atoms with Crippen LogP contribution in [-0.2, 0) is 17.8 Å². The van der Waals surface area contributed by atoms with Gasteiger partial charge in [-0.05, 0) is 31.0 Å². The Hall–Kier alpha value is -1.90. The van der Waals surface area contributed by atoms with E-state index in [1.165, 1.54) is 16.9 Å². The van der Waals surface area contributed by atoms with Gasteiger partial charge in [-0.15, -0.1) is 11.3 Å². The third-order valence-electron chi connectivity index (χ3n) is 3.25. The highest BCUT2D eigenvalue weighted by Gasteiger charge is 2.11. The summed E-state index contributed by atoms with van der Waals surface area (Å²) in [6, 6.07) is 8.19. The first kappa shape index (κ1) is 15.5. The van der Waals surface area contributed by atoms with Gasteiger partial charge in [0.05, 0.1) is 23.9 Å². The highest BCUT2D eigenvalue weighted by Crippen LogP contribution is 2.22. The molecule has 2 aromatic rings. The van der Waals surface area contributed by atoms with Gasteiger partial charge < -0.3 is 9.47 Å².